The number of unbranched alkanes of at least 4 members (excludes halogenated alkanes) is 3. The number of hydrazone groups is 1. The highest BCUT2D eigenvalue weighted by Gasteiger charge is 2.31. The van der Waals surface area contributed by atoms with Gasteiger partial charge in [0.1, 0.15) is 11.9 Å². The smallest absolute Gasteiger partial charge is 0.276 e. The normalized spacial score (nSPS) is 19.2. The van der Waals surface area contributed by atoms with Gasteiger partial charge in [-0.3, -0.25) is 15.1 Å². The molecule has 0 saturated heterocycles. The standard InChI is InChI=1S/C17H21BrN4OS/c1-3-4-5-6-9-24-17-20-16(23)15-13-10-12(18)7-8-14(13)19-11(2)22(15)21-17/h7-8,10-11H,3-6,9H2,1-2H3,(H,20,21,23). The van der Waals surface area contributed by atoms with E-state index in [1.54, 1.807) is 16.8 Å². The number of hydrogen-bond donors (Lipinski definition) is 1. The molecule has 0 fully saturated rings. The molecule has 0 radical (unpaired) electrons. The molecule has 0 saturated carbocycles. The minimum Gasteiger partial charge on any atom is -0.298 e. The molecule has 5 nitrogen and oxygen atoms in total. The lowest BCUT2D eigenvalue weighted by Crippen LogP contribution is -2.52. The van der Waals surface area contributed by atoms with Crippen LogP contribution in [0.5, 0.6) is 0 Å². The Morgan fingerprint density at radius 2 is 2.17 bits per heavy atom. The van der Waals surface area contributed by atoms with E-state index in [0.29, 0.717) is 10.9 Å². The lowest BCUT2D eigenvalue weighted by molar-refractivity contribution is -0.116. The van der Waals surface area contributed by atoms with Crippen LogP contribution in [0.4, 0.5) is 0 Å². The summed E-state index contributed by atoms with van der Waals surface area (Å²) in [7, 11) is 0. The first-order chi connectivity index (χ1) is 11.6. The summed E-state index contributed by atoms with van der Waals surface area (Å²) in [6.45, 7) is 4.16. The largest absolute Gasteiger partial charge is 0.298 e. The third kappa shape index (κ3) is 3.67. The van der Waals surface area contributed by atoms with Crippen molar-refractivity contribution in [3.8, 4) is 0 Å². The Bertz CT molecular complexity index is 792. The van der Waals surface area contributed by atoms with Gasteiger partial charge in [0.25, 0.3) is 5.91 Å². The SMILES string of the molecule is CCCCCCSC1=NN2C(=c3cc(Br)ccc3=NC2C)C(=O)N1. The monoisotopic (exact) mass is 408 g/mol. The molecule has 2 aliphatic heterocycles. The molecular weight excluding hydrogens is 388 g/mol. The Morgan fingerprint density at radius 1 is 1.33 bits per heavy atom. The lowest BCUT2D eigenvalue weighted by atomic mass is 10.2. The van der Waals surface area contributed by atoms with Gasteiger partial charge in [0.05, 0.1) is 5.36 Å². The van der Waals surface area contributed by atoms with Crippen LogP contribution in [0.15, 0.2) is 32.8 Å². The van der Waals surface area contributed by atoms with Crippen molar-refractivity contribution >= 4 is 44.5 Å². The number of carbonyl (C=O) groups excluding carboxylic acids is 1. The van der Waals surface area contributed by atoms with E-state index >= 15 is 0 Å². The topological polar surface area (TPSA) is 57.1 Å². The third-order valence-electron chi connectivity index (χ3n) is 3.99. The van der Waals surface area contributed by atoms with E-state index in [1.165, 1.54) is 19.3 Å². The Hall–Kier alpha value is -1.34. The van der Waals surface area contributed by atoms with Gasteiger partial charge >= 0.3 is 0 Å². The molecule has 0 aromatic heterocycles. The molecule has 1 aromatic rings. The summed E-state index contributed by atoms with van der Waals surface area (Å²) >= 11 is 5.07. The van der Waals surface area contributed by atoms with Gasteiger partial charge < -0.3 is 0 Å². The maximum atomic E-state index is 12.7. The van der Waals surface area contributed by atoms with Crippen LogP contribution in [0.3, 0.4) is 0 Å². The van der Waals surface area contributed by atoms with Crippen LogP contribution in [0, 0.1) is 0 Å². The summed E-state index contributed by atoms with van der Waals surface area (Å²) in [5, 5.41) is 11.6. The third-order valence-corrected chi connectivity index (χ3v) is 5.44. The number of fused-ring (bicyclic) bond motifs is 2. The van der Waals surface area contributed by atoms with Crippen molar-refractivity contribution in [2.45, 2.75) is 45.7 Å². The molecule has 24 heavy (non-hydrogen) atoms. The average Bonchev–Trinajstić information content (AvgIpc) is 2.55. The van der Waals surface area contributed by atoms with Crippen LogP contribution in [-0.4, -0.2) is 28.0 Å². The number of amides is 1. The minimum atomic E-state index is -0.185. The zero-order chi connectivity index (χ0) is 17.1. The van der Waals surface area contributed by atoms with Crippen LogP contribution in [-0.2, 0) is 4.79 Å². The van der Waals surface area contributed by atoms with Gasteiger partial charge in [-0.1, -0.05) is 53.9 Å². The second-order valence-electron chi connectivity index (χ2n) is 5.88. The first kappa shape index (κ1) is 17.5. The number of nitrogens with one attached hydrogen (secondary N) is 1. The summed E-state index contributed by atoms with van der Waals surface area (Å²) in [6, 6.07) is 5.78. The number of amidine groups is 1. The van der Waals surface area contributed by atoms with Gasteiger partial charge in [-0.05, 0) is 31.5 Å². The van der Waals surface area contributed by atoms with Gasteiger partial charge in [-0.15, -0.1) is 5.10 Å². The fraction of sp³-hybridized carbons (Fsp3) is 0.471. The van der Waals surface area contributed by atoms with Gasteiger partial charge in [0.2, 0.25) is 0 Å². The molecule has 1 aromatic carbocycles. The van der Waals surface area contributed by atoms with E-state index in [2.05, 4.69) is 38.3 Å². The first-order valence-corrected chi connectivity index (χ1v) is 10.1. The molecule has 1 atom stereocenters. The van der Waals surface area contributed by atoms with Crippen LogP contribution in [0.2, 0.25) is 0 Å². The van der Waals surface area contributed by atoms with Gasteiger partial charge in [0.15, 0.2) is 5.17 Å². The molecular formula is C17H21BrN4OS. The van der Waals surface area contributed by atoms with E-state index in [9.17, 15) is 4.79 Å². The second kappa shape index (κ2) is 7.70. The zero-order valence-corrected chi connectivity index (χ0v) is 16.3. The maximum Gasteiger partial charge on any atom is 0.276 e. The molecule has 2 heterocycles. The van der Waals surface area contributed by atoms with Crippen molar-refractivity contribution in [1.82, 2.24) is 10.3 Å². The number of carbonyl (C=O) groups is 1. The summed E-state index contributed by atoms with van der Waals surface area (Å²) in [4.78, 5) is 17.3. The predicted molar refractivity (Wildman–Crippen MR) is 102 cm³/mol. The Balaban J connectivity index is 1.85. The molecule has 128 valence electrons. The number of hydrogen-bond acceptors (Lipinski definition) is 5. The fourth-order valence-electron chi connectivity index (χ4n) is 2.78. The second-order valence-corrected chi connectivity index (χ2v) is 7.88. The van der Waals surface area contributed by atoms with Crippen molar-refractivity contribution in [3.63, 3.8) is 0 Å². The van der Waals surface area contributed by atoms with Crippen molar-refractivity contribution in [3.05, 3.63) is 33.2 Å². The van der Waals surface area contributed by atoms with Gasteiger partial charge in [-0.25, -0.2) is 5.01 Å². The van der Waals surface area contributed by atoms with E-state index in [-0.39, 0.29) is 12.1 Å². The maximum absolute atomic E-state index is 12.7. The predicted octanol–water partition coefficient (Wildman–Crippen LogP) is 2.55. The van der Waals surface area contributed by atoms with E-state index in [1.807, 2.05) is 25.1 Å². The van der Waals surface area contributed by atoms with Crippen molar-refractivity contribution in [1.29, 1.82) is 0 Å². The van der Waals surface area contributed by atoms with Crippen LogP contribution >= 0.6 is 27.7 Å². The van der Waals surface area contributed by atoms with Gasteiger partial charge in [0, 0.05) is 15.4 Å². The summed E-state index contributed by atoms with van der Waals surface area (Å²) in [5.74, 6) is 0.859. The van der Waals surface area contributed by atoms with Crippen LogP contribution in [0.1, 0.15) is 39.5 Å². The first-order valence-electron chi connectivity index (χ1n) is 8.30. The van der Waals surface area contributed by atoms with E-state index < -0.39 is 0 Å². The number of thioether (sulfide) groups is 1. The highest BCUT2D eigenvalue weighted by Crippen LogP contribution is 2.21. The van der Waals surface area contributed by atoms with Crippen molar-refractivity contribution in [2.24, 2.45) is 10.1 Å². The highest BCUT2D eigenvalue weighted by atomic mass is 79.9. The number of nitrogens with zero attached hydrogens (tertiary/aromatic N) is 3. The van der Waals surface area contributed by atoms with Crippen LogP contribution < -0.4 is 15.9 Å². The molecule has 7 heteroatoms. The summed E-state index contributed by atoms with van der Waals surface area (Å²) in [6.07, 6.45) is 4.65. The molecule has 0 aliphatic carbocycles. The molecule has 3 rings (SSSR count). The van der Waals surface area contributed by atoms with E-state index in [4.69, 9.17) is 0 Å². The molecule has 0 bridgehead atoms. The highest BCUT2D eigenvalue weighted by molar-refractivity contribution is 9.10. The van der Waals surface area contributed by atoms with E-state index in [0.717, 1.165) is 27.2 Å². The Morgan fingerprint density at radius 3 is 2.96 bits per heavy atom. The summed E-state index contributed by atoms with van der Waals surface area (Å²) < 4.78 is 0.923. The zero-order valence-electron chi connectivity index (χ0n) is 13.9. The number of halogens is 1. The molecule has 1 amide bonds. The Kier molecular flexibility index (Phi) is 5.61. The fourth-order valence-corrected chi connectivity index (χ4v) is 3.99. The van der Waals surface area contributed by atoms with Crippen molar-refractivity contribution < 1.29 is 4.79 Å². The Labute approximate surface area is 154 Å². The van der Waals surface area contributed by atoms with Gasteiger partial charge in [-0.2, -0.15) is 0 Å². The number of rotatable bonds is 5. The summed E-state index contributed by atoms with van der Waals surface area (Å²) in [5.41, 5.74) is 0.573. The quantitative estimate of drug-likeness (QED) is 0.761. The lowest BCUT2D eigenvalue weighted by Gasteiger charge is -2.32. The number of benzene rings is 1. The van der Waals surface area contributed by atoms with Crippen molar-refractivity contribution in [2.75, 3.05) is 5.75 Å². The molecule has 1 N–H and O–H groups in total. The minimum absolute atomic E-state index is 0.109. The molecule has 0 spiro atoms. The molecule has 2 aliphatic rings. The average molecular weight is 409 g/mol. The van der Waals surface area contributed by atoms with Crippen LogP contribution in [0.25, 0.3) is 5.70 Å². The molecule has 1 unspecified atom stereocenters.